The molecule has 9 rings (SSSR count). The van der Waals surface area contributed by atoms with E-state index in [0.29, 0.717) is 58.5 Å². The largest absolute Gasteiger partial charge is 0.497 e. The number of hydrogen-bond acceptors (Lipinski definition) is 12. The second-order valence-electron chi connectivity index (χ2n) is 19.6. The number of unbranched alkanes of at least 4 members (excludes halogenated alkanes) is 1. The molecular weight excluding hydrogens is 1070 g/mol. The van der Waals surface area contributed by atoms with Gasteiger partial charge in [-0.2, -0.15) is 15.8 Å². The van der Waals surface area contributed by atoms with Crippen LogP contribution >= 0.6 is 0 Å². The van der Waals surface area contributed by atoms with Gasteiger partial charge >= 0.3 is 18.3 Å². The molecular formula is C67H71N9O9. The quantitative estimate of drug-likeness (QED) is 0.0538. The van der Waals surface area contributed by atoms with Crippen molar-refractivity contribution in [2.45, 2.75) is 93.5 Å². The van der Waals surface area contributed by atoms with Crippen molar-refractivity contribution in [1.29, 1.82) is 15.8 Å². The van der Waals surface area contributed by atoms with Gasteiger partial charge in [0.2, 0.25) is 0 Å². The Balaban J connectivity index is 0.000000183. The number of aryl methyl sites for hydroxylation is 3. The monoisotopic (exact) mass is 1150 g/mol. The summed E-state index contributed by atoms with van der Waals surface area (Å²) in [7, 11) is 4.84. The average molecular weight is 1150 g/mol. The molecule has 0 aliphatic heterocycles. The summed E-state index contributed by atoms with van der Waals surface area (Å²) in [5.41, 5.74) is 12.0. The maximum atomic E-state index is 11.8. The normalized spacial score (nSPS) is 10.6. The molecule has 0 fully saturated rings. The first-order chi connectivity index (χ1) is 41.2. The number of anilines is 3. The number of nitriles is 3. The highest BCUT2D eigenvalue weighted by Gasteiger charge is 2.22. The molecule has 3 amide bonds. The van der Waals surface area contributed by atoms with Gasteiger partial charge in [0.1, 0.15) is 35.5 Å². The predicted molar refractivity (Wildman–Crippen MR) is 333 cm³/mol. The van der Waals surface area contributed by atoms with Crippen LogP contribution < -0.4 is 30.2 Å². The molecule has 438 valence electrons. The molecule has 0 unspecified atom stereocenters. The molecule has 3 N–H and O–H groups in total. The number of nitrogens with zero attached hydrogens (tertiary/aromatic N) is 6. The van der Waals surface area contributed by atoms with Gasteiger partial charge in [-0.15, -0.1) is 0 Å². The molecule has 0 bridgehead atoms. The fourth-order valence-electron chi connectivity index (χ4n) is 9.92. The Morgan fingerprint density at radius 2 is 0.765 bits per heavy atom. The summed E-state index contributed by atoms with van der Waals surface area (Å²) >= 11 is 0. The molecule has 3 aromatic heterocycles. The number of aromatic nitrogens is 3. The van der Waals surface area contributed by atoms with Crippen LogP contribution in [0, 0.1) is 34.0 Å². The Labute approximate surface area is 495 Å². The lowest BCUT2D eigenvalue weighted by Crippen LogP contribution is -2.17. The predicted octanol–water partition coefficient (Wildman–Crippen LogP) is 15.9. The lowest BCUT2D eigenvalue weighted by molar-refractivity contribution is 0.130. The zero-order valence-corrected chi connectivity index (χ0v) is 49.7. The molecule has 0 aliphatic carbocycles. The van der Waals surface area contributed by atoms with Crippen LogP contribution in [0.15, 0.2) is 127 Å². The van der Waals surface area contributed by atoms with Crippen LogP contribution in [0.1, 0.15) is 84.4 Å². The number of hydrogen-bond donors (Lipinski definition) is 3. The molecule has 0 saturated heterocycles. The number of rotatable bonds is 18. The van der Waals surface area contributed by atoms with Crippen LogP contribution in [0.5, 0.6) is 17.2 Å². The number of benzene rings is 6. The van der Waals surface area contributed by atoms with Gasteiger partial charge in [-0.05, 0) is 155 Å². The average Bonchev–Trinajstić information content (AvgIpc) is 2.00. The minimum absolute atomic E-state index is 0.185. The van der Waals surface area contributed by atoms with Gasteiger partial charge in [0.05, 0.1) is 91.0 Å². The fraction of sp³-hybridized carbons (Fsp3) is 0.284. The van der Waals surface area contributed by atoms with E-state index < -0.39 is 18.3 Å². The first kappa shape index (κ1) is 62.2. The van der Waals surface area contributed by atoms with Crippen molar-refractivity contribution < 1.29 is 42.8 Å². The van der Waals surface area contributed by atoms with Gasteiger partial charge in [-0.3, -0.25) is 16.0 Å². The van der Waals surface area contributed by atoms with Gasteiger partial charge < -0.3 is 42.1 Å². The van der Waals surface area contributed by atoms with Crippen molar-refractivity contribution in [1.82, 2.24) is 13.7 Å². The third-order valence-electron chi connectivity index (χ3n) is 13.8. The van der Waals surface area contributed by atoms with Crippen molar-refractivity contribution in [3.63, 3.8) is 0 Å². The number of carbonyl (C=O) groups excluding carboxylic acids is 3. The van der Waals surface area contributed by atoms with Crippen molar-refractivity contribution in [2.75, 3.05) is 50.5 Å². The summed E-state index contributed by atoms with van der Waals surface area (Å²) in [6.07, 6.45) is 0.983. The van der Waals surface area contributed by atoms with Crippen LogP contribution in [-0.2, 0) is 33.8 Å². The summed E-state index contributed by atoms with van der Waals surface area (Å²) in [4.78, 5) is 35.3. The van der Waals surface area contributed by atoms with E-state index in [9.17, 15) is 30.2 Å². The van der Waals surface area contributed by atoms with E-state index in [0.717, 1.165) is 111 Å². The number of ether oxygens (including phenoxy) is 6. The van der Waals surface area contributed by atoms with Crippen molar-refractivity contribution in [3.05, 3.63) is 144 Å². The topological polar surface area (TPSA) is 229 Å². The lowest BCUT2D eigenvalue weighted by Gasteiger charge is -2.11. The minimum Gasteiger partial charge on any atom is -0.497 e. The van der Waals surface area contributed by atoms with Crippen LogP contribution in [0.4, 0.5) is 31.4 Å². The van der Waals surface area contributed by atoms with E-state index in [-0.39, 0.29) is 6.10 Å². The van der Waals surface area contributed by atoms with E-state index in [4.69, 9.17) is 28.4 Å². The molecule has 3 heterocycles. The number of nitrogens with one attached hydrogen (secondary N) is 3. The van der Waals surface area contributed by atoms with Gasteiger partial charge in [0.15, 0.2) is 0 Å². The van der Waals surface area contributed by atoms with E-state index in [1.54, 1.807) is 47.3 Å². The van der Waals surface area contributed by atoms with E-state index in [2.05, 4.69) is 54.8 Å². The first-order valence-electron chi connectivity index (χ1n) is 28.2. The van der Waals surface area contributed by atoms with Crippen LogP contribution in [0.3, 0.4) is 0 Å². The van der Waals surface area contributed by atoms with Gasteiger partial charge in [-0.25, -0.2) is 14.4 Å². The fourth-order valence-corrected chi connectivity index (χ4v) is 9.92. The molecule has 85 heavy (non-hydrogen) atoms. The Bertz CT molecular complexity index is 3930. The summed E-state index contributed by atoms with van der Waals surface area (Å²) in [6.45, 7) is 16.7. The van der Waals surface area contributed by atoms with Crippen molar-refractivity contribution in [3.8, 4) is 69.2 Å². The van der Waals surface area contributed by atoms with E-state index in [1.807, 2.05) is 143 Å². The first-order valence-corrected chi connectivity index (χ1v) is 28.2. The SMILES string of the molecule is CCCCOC(=O)Nc1ccc(-c2c(C#N)c3cc(OC)ccc3n2CC)cc1.CCCOC(=O)Nc1ccc(-c2c(C#N)c3cc(OC)ccc3n2CC)cc1.CCn1c(-c2ccc(NC(=O)OC(C)C)cc2)c(C#N)c2cc(OC)ccc21. The number of methoxy groups -OCH3 is 3. The summed E-state index contributed by atoms with van der Waals surface area (Å²) in [6, 6.07) is 46.6. The Kier molecular flexibility index (Phi) is 21.6. The molecule has 0 spiro atoms. The molecule has 0 radical (unpaired) electrons. The molecule has 6 aromatic carbocycles. The van der Waals surface area contributed by atoms with Crippen molar-refractivity contribution in [2.24, 2.45) is 0 Å². The maximum Gasteiger partial charge on any atom is 0.411 e. The van der Waals surface area contributed by atoms with Gasteiger partial charge in [-0.1, -0.05) is 56.7 Å². The molecule has 18 nitrogen and oxygen atoms in total. The highest BCUT2D eigenvalue weighted by atomic mass is 16.6. The number of carbonyl (C=O) groups is 3. The van der Waals surface area contributed by atoms with Crippen LogP contribution in [-0.4, -0.2) is 72.6 Å². The zero-order valence-electron chi connectivity index (χ0n) is 49.7. The Morgan fingerprint density at radius 3 is 1.04 bits per heavy atom. The standard InChI is InChI=1S/C23H25N3O3.2C22H23N3O3/c1-4-6-13-29-23(27)25-17-9-7-16(8-10-17)22-20(15-24)19-14-18(28-3)11-12-21(19)26(22)5-2;1-5-25-20-11-10-17(27-4)12-18(20)19(13-23)21(25)15-6-8-16(9-7-15)24-22(26)28-14(2)3;1-4-12-28-22(26)24-16-8-6-15(7-9-16)21-19(14-23)18-13-17(27-3)10-11-20(18)25(21)5-2/h7-12,14H,4-6,13H2,1-3H3,(H,25,27);6-12,14H,5H2,1-4H3,(H,24,26);6-11,13H,4-5,12H2,1-3H3,(H,24,26). The van der Waals surface area contributed by atoms with Gasteiger partial charge in [0, 0.05) is 52.9 Å². The van der Waals surface area contributed by atoms with E-state index in [1.165, 1.54) is 0 Å². The second kappa shape index (κ2) is 29.6. The summed E-state index contributed by atoms with van der Waals surface area (Å²) < 4.78 is 37.6. The minimum atomic E-state index is -0.491. The Hall–Kier alpha value is -10.4. The van der Waals surface area contributed by atoms with E-state index >= 15 is 0 Å². The second-order valence-corrected chi connectivity index (χ2v) is 19.6. The zero-order chi connectivity index (χ0) is 61.2. The molecule has 0 aliphatic rings. The number of fused-ring (bicyclic) bond motifs is 3. The summed E-state index contributed by atoms with van der Waals surface area (Å²) in [5, 5.41) is 40.2. The highest BCUT2D eigenvalue weighted by molar-refractivity contribution is 5.98. The molecule has 0 saturated carbocycles. The Morgan fingerprint density at radius 1 is 0.447 bits per heavy atom. The van der Waals surface area contributed by atoms with Crippen LogP contribution in [0.25, 0.3) is 66.5 Å². The number of amides is 3. The summed E-state index contributed by atoms with van der Waals surface area (Å²) in [5.74, 6) is 2.15. The molecule has 9 aromatic rings. The smallest absolute Gasteiger partial charge is 0.411 e. The maximum absolute atomic E-state index is 11.8. The van der Waals surface area contributed by atoms with Crippen LogP contribution in [0.2, 0.25) is 0 Å². The van der Waals surface area contributed by atoms with Gasteiger partial charge in [0.25, 0.3) is 0 Å². The lowest BCUT2D eigenvalue weighted by atomic mass is 10.1. The highest BCUT2D eigenvalue weighted by Crippen LogP contribution is 2.39. The van der Waals surface area contributed by atoms with Crippen molar-refractivity contribution >= 4 is 68.1 Å². The third kappa shape index (κ3) is 14.5. The molecule has 0 atom stereocenters. The third-order valence-corrected chi connectivity index (χ3v) is 13.8. The molecule has 18 heteroatoms.